The lowest BCUT2D eigenvalue weighted by Crippen LogP contribution is -1.65. The Balaban J connectivity index is 0.000000148. The maximum absolute atomic E-state index is 8.92. The number of halogens is 1. The number of carbonyl (C=O) groups is 1. The molecule has 2 nitrogen and oxygen atoms in total. The van der Waals surface area contributed by atoms with Gasteiger partial charge in [-0.1, -0.05) is 12.1 Å². The molecule has 0 spiro atoms. The van der Waals surface area contributed by atoms with E-state index in [-0.39, 0.29) is 0 Å². The van der Waals surface area contributed by atoms with Crippen LogP contribution in [-0.4, -0.2) is 9.99 Å². The van der Waals surface area contributed by atoms with Gasteiger partial charge in [-0.2, -0.15) is 11.3 Å². The smallest absolute Gasteiger partial charge is 0.372 e. The molecule has 0 saturated carbocycles. The molecule has 0 fully saturated rings. The molecule has 0 amide bonds. The van der Waals surface area contributed by atoms with Gasteiger partial charge in [0.2, 0.25) is 0 Å². The van der Waals surface area contributed by atoms with Crippen molar-refractivity contribution in [1.82, 2.24) is 0 Å². The Labute approximate surface area is 65.3 Å². The van der Waals surface area contributed by atoms with Crippen LogP contribution in [0.2, 0.25) is 0 Å². The van der Waals surface area contributed by atoms with Crippen molar-refractivity contribution >= 4 is 32.1 Å². The van der Waals surface area contributed by atoms with Crippen molar-refractivity contribution in [3.63, 3.8) is 0 Å². The predicted octanol–water partition coefficient (Wildman–Crippen LogP) is 2.81. The molecule has 1 heterocycles. The van der Waals surface area contributed by atoms with Crippen molar-refractivity contribution in [2.45, 2.75) is 0 Å². The van der Waals surface area contributed by atoms with Crippen LogP contribution in [0.4, 0.5) is 4.79 Å². The van der Waals surface area contributed by atoms with Crippen molar-refractivity contribution in [2.75, 3.05) is 0 Å². The minimum absolute atomic E-state index is 1.02. The van der Waals surface area contributed by atoms with Gasteiger partial charge in [-0.05, 0) is 10.8 Å². The van der Waals surface area contributed by atoms with Gasteiger partial charge in [0.05, 0.1) is 0 Å². The summed E-state index contributed by atoms with van der Waals surface area (Å²) in [5, 5.41) is 11.4. The molecule has 0 aliphatic carbocycles. The molecule has 1 aromatic heterocycles. The first kappa shape index (κ1) is 8.65. The van der Waals surface area contributed by atoms with Crippen molar-refractivity contribution in [2.24, 2.45) is 0 Å². The summed E-state index contributed by atoms with van der Waals surface area (Å²) in [6.07, 6.45) is 0. The van der Waals surface area contributed by atoms with Gasteiger partial charge in [-0.15, -0.1) is 0 Å². The van der Waals surface area contributed by atoms with Gasteiger partial charge in [0.1, 0.15) is 0 Å². The first-order valence-corrected chi connectivity index (χ1v) is 3.82. The zero-order valence-corrected chi connectivity index (χ0v) is 6.85. The summed E-state index contributed by atoms with van der Waals surface area (Å²) in [5.41, 5.74) is 0. The van der Waals surface area contributed by atoms with Gasteiger partial charge in [0.15, 0.2) is 0 Å². The largest absolute Gasteiger partial charge is 0.473 e. The normalized spacial score (nSPS) is 7.22. The third-order valence-electron chi connectivity index (χ3n) is 0.425. The Morgan fingerprint density at radius 1 is 1.44 bits per heavy atom. The molecule has 0 aromatic carbocycles. The monoisotopic (exact) mass is 208 g/mol. The highest BCUT2D eigenvalue weighted by Crippen LogP contribution is 1.91. The lowest BCUT2D eigenvalue weighted by atomic mass is 10.7. The molecule has 0 aliphatic rings. The van der Waals surface area contributed by atoms with E-state index in [9.17, 15) is 0 Å². The molecule has 0 unspecified atom stereocenters. The third kappa shape index (κ3) is 11.3. The average Bonchev–Trinajstić information content (AvgIpc) is 2.11. The molecule has 0 atom stereocenters. The summed E-state index contributed by atoms with van der Waals surface area (Å²) in [7, 11) is 0. The van der Waals surface area contributed by atoms with E-state index in [0.29, 0.717) is 0 Å². The Hall–Kier alpha value is -0.350. The second-order valence-corrected chi connectivity index (χ2v) is 2.54. The van der Waals surface area contributed by atoms with Crippen LogP contribution in [0.25, 0.3) is 0 Å². The van der Waals surface area contributed by atoms with E-state index in [1.165, 1.54) is 0 Å². The molecular weight excluding hydrogens is 204 g/mol. The van der Waals surface area contributed by atoms with Crippen molar-refractivity contribution in [3.05, 3.63) is 22.9 Å². The fourth-order valence-corrected chi connectivity index (χ4v) is 0.680. The summed E-state index contributed by atoms with van der Waals surface area (Å²) < 4.78 is 0. The summed E-state index contributed by atoms with van der Waals surface area (Å²) in [6, 6.07) is 4.04. The third-order valence-corrected chi connectivity index (χ3v) is 1.05. The van der Waals surface area contributed by atoms with E-state index in [1.807, 2.05) is 22.9 Å². The van der Waals surface area contributed by atoms with Crippen LogP contribution in [-0.2, 0) is 0 Å². The molecule has 4 heteroatoms. The van der Waals surface area contributed by atoms with Crippen LogP contribution in [0.5, 0.6) is 0 Å². The highest BCUT2D eigenvalue weighted by Gasteiger charge is 1.70. The quantitative estimate of drug-likeness (QED) is 0.667. The average molecular weight is 209 g/mol. The standard InChI is InChI=1S/C4H4S.CHBrO2/c1-2-4-5-3-1;2-1(3)4/h1-4H;(H,3,4). The Morgan fingerprint density at radius 2 is 1.78 bits per heavy atom. The number of thiophene rings is 1. The van der Waals surface area contributed by atoms with Crippen LogP contribution < -0.4 is 0 Å². The molecule has 9 heavy (non-hydrogen) atoms. The second kappa shape index (κ2) is 5.78. The van der Waals surface area contributed by atoms with Crippen molar-refractivity contribution < 1.29 is 9.90 Å². The van der Waals surface area contributed by atoms with Crippen LogP contribution >= 0.6 is 27.3 Å². The van der Waals surface area contributed by atoms with Crippen molar-refractivity contribution in [1.29, 1.82) is 0 Å². The highest BCUT2D eigenvalue weighted by molar-refractivity contribution is 9.18. The molecule has 0 aliphatic heterocycles. The number of rotatable bonds is 0. The van der Waals surface area contributed by atoms with E-state index < -0.39 is 4.88 Å². The molecule has 0 saturated heterocycles. The Bertz CT molecular complexity index is 129. The molecule has 1 rings (SSSR count). The maximum Gasteiger partial charge on any atom is 0.372 e. The van der Waals surface area contributed by atoms with E-state index >= 15 is 0 Å². The highest BCUT2D eigenvalue weighted by atomic mass is 79.9. The van der Waals surface area contributed by atoms with Crippen LogP contribution in [0.15, 0.2) is 22.9 Å². The molecular formula is C5H5BrO2S. The predicted molar refractivity (Wildman–Crippen MR) is 41.3 cm³/mol. The number of carboxylic acid groups (broad SMARTS) is 1. The lowest BCUT2D eigenvalue weighted by molar-refractivity contribution is 0.223. The fourth-order valence-electron chi connectivity index (χ4n) is 0.227. The van der Waals surface area contributed by atoms with Gasteiger partial charge in [-0.3, -0.25) is 0 Å². The SMILES string of the molecule is O=C(O)Br.c1ccsc1. The molecule has 1 aromatic rings. The van der Waals surface area contributed by atoms with Crippen LogP contribution in [0.3, 0.4) is 0 Å². The summed E-state index contributed by atoms with van der Waals surface area (Å²) in [4.78, 5) is 7.90. The van der Waals surface area contributed by atoms with Gasteiger partial charge in [0, 0.05) is 15.9 Å². The fraction of sp³-hybridized carbons (Fsp3) is 0. The molecule has 1 N–H and O–H groups in total. The summed E-state index contributed by atoms with van der Waals surface area (Å²) in [6.45, 7) is 0. The van der Waals surface area contributed by atoms with E-state index in [1.54, 1.807) is 11.3 Å². The first-order valence-electron chi connectivity index (χ1n) is 2.09. The van der Waals surface area contributed by atoms with E-state index in [0.717, 1.165) is 0 Å². The second-order valence-electron chi connectivity index (χ2n) is 1.05. The lowest BCUT2D eigenvalue weighted by Gasteiger charge is -1.56. The van der Waals surface area contributed by atoms with E-state index in [4.69, 9.17) is 9.90 Å². The van der Waals surface area contributed by atoms with Crippen LogP contribution in [0, 0.1) is 0 Å². The molecule has 0 radical (unpaired) electrons. The van der Waals surface area contributed by atoms with Crippen molar-refractivity contribution in [3.8, 4) is 0 Å². The van der Waals surface area contributed by atoms with Gasteiger partial charge in [0.25, 0.3) is 0 Å². The topological polar surface area (TPSA) is 37.3 Å². The zero-order valence-electron chi connectivity index (χ0n) is 4.45. The maximum atomic E-state index is 8.92. The minimum Gasteiger partial charge on any atom is -0.473 e. The Kier molecular flexibility index (Phi) is 5.56. The Morgan fingerprint density at radius 3 is 1.89 bits per heavy atom. The van der Waals surface area contributed by atoms with Gasteiger partial charge >= 0.3 is 4.88 Å². The molecule has 0 bridgehead atoms. The van der Waals surface area contributed by atoms with Gasteiger partial charge < -0.3 is 5.11 Å². The first-order chi connectivity index (χ1) is 4.23. The van der Waals surface area contributed by atoms with Gasteiger partial charge in [-0.25, -0.2) is 4.79 Å². The van der Waals surface area contributed by atoms with E-state index in [2.05, 4.69) is 15.9 Å². The number of hydrogen-bond acceptors (Lipinski definition) is 2. The zero-order chi connectivity index (χ0) is 7.11. The van der Waals surface area contributed by atoms with Crippen LogP contribution in [0.1, 0.15) is 0 Å². The number of hydrogen-bond donors (Lipinski definition) is 1. The summed E-state index contributed by atoms with van der Waals surface area (Å²) in [5.74, 6) is 0. The summed E-state index contributed by atoms with van der Waals surface area (Å²) >= 11 is 3.90. The molecule has 50 valence electrons. The minimum atomic E-state index is -1.02.